The minimum atomic E-state index is -1.14. The zero-order valence-electron chi connectivity index (χ0n) is 32.8. The molecule has 6 rings (SSSR count). The van der Waals surface area contributed by atoms with E-state index < -0.39 is 24.3 Å². The number of aliphatic hydroxyl groups is 1. The number of imidazole rings is 2. The summed E-state index contributed by atoms with van der Waals surface area (Å²) < 4.78 is 4.75. The van der Waals surface area contributed by atoms with Gasteiger partial charge in [0.25, 0.3) is 0 Å². The molecule has 0 saturated carbocycles. The van der Waals surface area contributed by atoms with Gasteiger partial charge < -0.3 is 40.0 Å². The van der Waals surface area contributed by atoms with Gasteiger partial charge in [-0.15, -0.1) is 0 Å². The number of carbonyl (C=O) groups excluding carboxylic acids is 3. The number of benzene rings is 2. The average molecular weight is 769 g/mol. The first-order valence-electron chi connectivity index (χ1n) is 19.2. The first kappa shape index (κ1) is 40.0. The van der Waals surface area contributed by atoms with Crippen molar-refractivity contribution in [3.05, 3.63) is 72.1 Å². The molecule has 2 saturated heterocycles. The van der Waals surface area contributed by atoms with Crippen molar-refractivity contribution >= 4 is 24.0 Å². The van der Waals surface area contributed by atoms with Crippen LogP contribution in [0.15, 0.2) is 54.9 Å². The van der Waals surface area contributed by atoms with Crippen molar-refractivity contribution in [3.63, 3.8) is 0 Å². The van der Waals surface area contributed by atoms with Crippen LogP contribution in [0.3, 0.4) is 0 Å². The quantitative estimate of drug-likeness (QED) is 0.115. The maximum atomic E-state index is 13.6. The Balaban J connectivity index is 1.16. The lowest BCUT2D eigenvalue weighted by molar-refractivity contribution is -0.138. The molecule has 56 heavy (non-hydrogen) atoms. The lowest BCUT2D eigenvalue weighted by atomic mass is 9.96. The smallest absolute Gasteiger partial charge is 0.407 e. The molecule has 5 N–H and O–H groups in total. The van der Waals surface area contributed by atoms with Crippen molar-refractivity contribution in [2.24, 2.45) is 11.8 Å². The number of nitrogens with zero attached hydrogens (tertiary/aromatic N) is 5. The van der Waals surface area contributed by atoms with Gasteiger partial charge in [0, 0.05) is 20.1 Å². The number of aromatic amines is 2. The normalized spacial score (nSPS) is 18.0. The van der Waals surface area contributed by atoms with Crippen LogP contribution in [0.2, 0.25) is 0 Å². The van der Waals surface area contributed by atoms with E-state index in [1.807, 2.05) is 70.2 Å². The molecule has 0 radical (unpaired) electrons. The Hall–Kier alpha value is -5.70. The van der Waals surface area contributed by atoms with Crippen LogP contribution in [0.5, 0.6) is 0 Å². The molecular weight excluding hydrogens is 716 g/mol. The number of aromatic nitrogens is 4. The predicted octanol–water partition coefficient (Wildman–Crippen LogP) is 5.97. The molecule has 0 bridgehead atoms. The van der Waals surface area contributed by atoms with Crippen molar-refractivity contribution in [2.45, 2.75) is 84.2 Å². The number of rotatable bonds is 12. The number of amides is 4. The van der Waals surface area contributed by atoms with Gasteiger partial charge in [-0.3, -0.25) is 14.5 Å². The summed E-state index contributed by atoms with van der Waals surface area (Å²) in [6.07, 6.45) is 4.79. The van der Waals surface area contributed by atoms with Crippen LogP contribution in [0.1, 0.15) is 82.7 Å². The Morgan fingerprint density at radius 3 is 1.89 bits per heavy atom. The number of nitrogens with one attached hydrogen (secondary N) is 3. The number of hydrogen-bond donors (Lipinski definition) is 5. The number of likely N-dealkylation sites (N-methyl/N-ethyl adjacent to an activating group) is 1. The Labute approximate surface area is 326 Å². The summed E-state index contributed by atoms with van der Waals surface area (Å²) >= 11 is 0. The van der Waals surface area contributed by atoms with Gasteiger partial charge in [0.2, 0.25) is 11.8 Å². The fourth-order valence-electron chi connectivity index (χ4n) is 8.00. The fourth-order valence-corrected chi connectivity index (χ4v) is 8.00. The molecule has 298 valence electrons. The van der Waals surface area contributed by atoms with Gasteiger partial charge in [-0.2, -0.15) is 0 Å². The first-order valence-corrected chi connectivity index (χ1v) is 19.2. The molecule has 2 aliphatic heterocycles. The van der Waals surface area contributed by atoms with Crippen LogP contribution in [0.25, 0.3) is 33.6 Å². The molecule has 0 unspecified atom stereocenters. The van der Waals surface area contributed by atoms with Crippen LogP contribution < -0.4 is 5.32 Å². The number of aliphatic hydroxyl groups excluding tert-OH is 1. The van der Waals surface area contributed by atoms with E-state index in [-0.39, 0.29) is 42.3 Å². The van der Waals surface area contributed by atoms with Crippen LogP contribution in [-0.2, 0) is 20.9 Å². The second kappa shape index (κ2) is 17.0. The Bertz CT molecular complexity index is 2040. The van der Waals surface area contributed by atoms with Crippen molar-refractivity contribution in [2.75, 3.05) is 27.2 Å². The summed E-state index contributed by atoms with van der Waals surface area (Å²) in [5, 5.41) is 22.7. The van der Waals surface area contributed by atoms with Crippen LogP contribution >= 0.6 is 0 Å². The fraction of sp³-hybridized carbons (Fsp3) is 0.463. The highest BCUT2D eigenvalue weighted by Gasteiger charge is 2.40. The summed E-state index contributed by atoms with van der Waals surface area (Å²) in [6, 6.07) is 11.8. The number of likely N-dealkylation sites (tertiary alicyclic amines) is 2. The van der Waals surface area contributed by atoms with E-state index in [0.717, 1.165) is 63.4 Å². The Kier molecular flexibility index (Phi) is 12.1. The van der Waals surface area contributed by atoms with Crippen LogP contribution in [-0.4, -0.2) is 108 Å². The molecule has 4 amide bonds. The zero-order chi connectivity index (χ0) is 40.3. The van der Waals surface area contributed by atoms with E-state index >= 15 is 0 Å². The molecule has 4 heterocycles. The Morgan fingerprint density at radius 1 is 0.839 bits per heavy atom. The number of H-pyrrole nitrogens is 2. The maximum absolute atomic E-state index is 13.6. The SMILES string of the molecule is COC(=O)N[C@H](C(=O)N1CCC[C@H]1c1ncc(-c2ccc(-c3ccc(-c4cnc([C@@H]5CCCN5C(=O)[C@H](C(C)C)N(C)C(=O)O)[nH]4)cc3CO)cc2)[nH]1)C(C)C. The van der Waals surface area contributed by atoms with Gasteiger partial charge in [-0.1, -0.05) is 64.1 Å². The van der Waals surface area contributed by atoms with E-state index in [0.29, 0.717) is 31.2 Å². The van der Waals surface area contributed by atoms with E-state index in [1.54, 1.807) is 22.2 Å². The van der Waals surface area contributed by atoms with Crippen molar-refractivity contribution < 1.29 is 34.1 Å². The second-order valence-electron chi connectivity index (χ2n) is 15.3. The van der Waals surface area contributed by atoms with Crippen LogP contribution in [0, 0.1) is 11.8 Å². The highest BCUT2D eigenvalue weighted by Crippen LogP contribution is 2.36. The summed E-state index contributed by atoms with van der Waals surface area (Å²) in [6.45, 7) is 8.37. The molecule has 2 fully saturated rings. The molecular formula is C41H52N8O7. The van der Waals surface area contributed by atoms with E-state index in [1.165, 1.54) is 14.2 Å². The van der Waals surface area contributed by atoms with Gasteiger partial charge in [0.05, 0.1) is 49.6 Å². The minimum Gasteiger partial charge on any atom is -0.465 e. The van der Waals surface area contributed by atoms with E-state index in [4.69, 9.17) is 4.74 Å². The van der Waals surface area contributed by atoms with Gasteiger partial charge in [0.1, 0.15) is 23.7 Å². The topological polar surface area (TPSA) is 197 Å². The number of carboxylic acid groups (broad SMARTS) is 1. The predicted molar refractivity (Wildman–Crippen MR) is 209 cm³/mol. The van der Waals surface area contributed by atoms with Crippen molar-refractivity contribution in [1.82, 2.24) is 40.0 Å². The van der Waals surface area contributed by atoms with E-state index in [2.05, 4.69) is 25.3 Å². The third-order valence-electron chi connectivity index (χ3n) is 11.0. The number of alkyl carbamates (subject to hydrolysis) is 1. The lowest BCUT2D eigenvalue weighted by Gasteiger charge is -2.33. The van der Waals surface area contributed by atoms with Gasteiger partial charge in [0.15, 0.2) is 0 Å². The second-order valence-corrected chi connectivity index (χ2v) is 15.3. The van der Waals surface area contributed by atoms with Gasteiger partial charge in [-0.25, -0.2) is 19.6 Å². The van der Waals surface area contributed by atoms with Crippen LogP contribution in [0.4, 0.5) is 9.59 Å². The third kappa shape index (κ3) is 8.13. The monoisotopic (exact) mass is 768 g/mol. The molecule has 0 spiro atoms. The van der Waals surface area contributed by atoms with E-state index in [9.17, 15) is 29.4 Å². The molecule has 15 heteroatoms. The summed E-state index contributed by atoms with van der Waals surface area (Å²) in [7, 11) is 2.71. The standard InChI is InChI=1S/C41H52N8O7/c1-23(2)34(46-40(53)56-6)38(51)48-17-7-9-32(48)36-42-20-30(44-36)26-13-11-25(12-14-26)29-16-15-27(19-28(29)22-50)31-21-43-37(45-31)33-10-8-18-49(33)39(52)35(24(3)4)47(5)41(54)55/h11-16,19-21,23-24,32-35,50H,7-10,17-18,22H2,1-6H3,(H,42,44)(H,43,45)(H,46,53)(H,54,55)/t32-,33-,34-,35-/m0/s1. The average Bonchev–Trinajstić information content (AvgIpc) is 4.03. The molecule has 4 aromatic rings. The van der Waals surface area contributed by atoms with Crippen molar-refractivity contribution in [3.8, 4) is 33.6 Å². The first-order chi connectivity index (χ1) is 26.8. The zero-order valence-corrected chi connectivity index (χ0v) is 32.8. The summed E-state index contributed by atoms with van der Waals surface area (Å²) in [4.78, 5) is 71.6. The molecule has 2 aromatic heterocycles. The largest absolute Gasteiger partial charge is 0.465 e. The highest BCUT2D eigenvalue weighted by atomic mass is 16.5. The molecule has 4 atom stereocenters. The molecule has 15 nitrogen and oxygen atoms in total. The van der Waals surface area contributed by atoms with Crippen molar-refractivity contribution in [1.29, 1.82) is 0 Å². The number of hydrogen-bond acceptors (Lipinski definition) is 8. The number of ether oxygens (including phenoxy) is 1. The summed E-state index contributed by atoms with van der Waals surface area (Å²) in [5.41, 5.74) is 5.83. The van der Waals surface area contributed by atoms with Gasteiger partial charge >= 0.3 is 12.2 Å². The maximum Gasteiger partial charge on any atom is 0.407 e. The molecule has 2 aromatic carbocycles. The lowest BCUT2D eigenvalue weighted by Crippen LogP contribution is -2.51. The number of carbonyl (C=O) groups is 4. The highest BCUT2D eigenvalue weighted by molar-refractivity contribution is 5.87. The summed E-state index contributed by atoms with van der Waals surface area (Å²) in [5.74, 6) is 0.616. The molecule has 2 aliphatic rings. The van der Waals surface area contributed by atoms with Gasteiger partial charge in [-0.05, 0) is 71.4 Å². The minimum absolute atomic E-state index is 0.124. The third-order valence-corrected chi connectivity index (χ3v) is 11.0. The number of methoxy groups -OCH3 is 1. The molecule has 0 aliphatic carbocycles. The Morgan fingerprint density at radius 2 is 1.38 bits per heavy atom.